The van der Waals surface area contributed by atoms with Gasteiger partial charge in [0.2, 0.25) is 0 Å². The van der Waals surface area contributed by atoms with E-state index < -0.39 is 12.1 Å². The van der Waals surface area contributed by atoms with E-state index in [0.29, 0.717) is 12.8 Å². The van der Waals surface area contributed by atoms with Crippen molar-refractivity contribution in [3.8, 4) is 0 Å². The Labute approximate surface area is 140 Å². The van der Waals surface area contributed by atoms with Gasteiger partial charge in [-0.25, -0.2) is 0 Å². The van der Waals surface area contributed by atoms with Crippen LogP contribution in [0, 0.1) is 0 Å². The average Bonchev–Trinajstić information content (AvgIpc) is 2.52. The van der Waals surface area contributed by atoms with Gasteiger partial charge < -0.3 is 10.2 Å². The molecule has 3 heteroatoms. The average molecular weight is 318 g/mol. The van der Waals surface area contributed by atoms with Crippen LogP contribution in [0.15, 0.2) is 60.8 Å². The molecule has 0 amide bonds. The molecule has 23 heavy (non-hydrogen) atoms. The lowest BCUT2D eigenvalue weighted by Crippen LogP contribution is -1.98. The van der Waals surface area contributed by atoms with Crippen molar-refractivity contribution < 1.29 is 15.0 Å². The number of carboxylic acids is 1. The first-order valence-electron chi connectivity index (χ1n) is 8.35. The van der Waals surface area contributed by atoms with Gasteiger partial charge in [-0.1, -0.05) is 67.7 Å². The summed E-state index contributed by atoms with van der Waals surface area (Å²) < 4.78 is 0. The topological polar surface area (TPSA) is 57.5 Å². The van der Waals surface area contributed by atoms with Crippen LogP contribution in [-0.4, -0.2) is 22.3 Å². The Hall–Kier alpha value is -1.87. The zero-order valence-corrected chi connectivity index (χ0v) is 14.1. The second-order valence-electron chi connectivity index (χ2n) is 5.20. The van der Waals surface area contributed by atoms with Crippen molar-refractivity contribution in [2.24, 2.45) is 0 Å². The summed E-state index contributed by atoms with van der Waals surface area (Å²) in [7, 11) is 0. The number of aliphatic carboxylic acids is 1. The highest BCUT2D eigenvalue weighted by atomic mass is 16.4. The fraction of sp³-hybridized carbons (Fsp3) is 0.450. The lowest BCUT2D eigenvalue weighted by molar-refractivity contribution is -0.137. The van der Waals surface area contributed by atoms with Crippen LogP contribution in [0.1, 0.15) is 51.9 Å². The Kier molecular flexibility index (Phi) is 15.2. The summed E-state index contributed by atoms with van der Waals surface area (Å²) in [5.74, 6) is -0.761. The molecule has 0 aliphatic carbocycles. The Morgan fingerprint density at radius 3 is 2.26 bits per heavy atom. The lowest BCUT2D eigenvalue weighted by atomic mass is 10.2. The minimum Gasteiger partial charge on any atom is -0.481 e. The van der Waals surface area contributed by atoms with Gasteiger partial charge in [-0.2, -0.15) is 0 Å². The third-order valence-corrected chi connectivity index (χ3v) is 3.00. The molecular formula is C20H30O3. The molecule has 0 aromatic heterocycles. The highest BCUT2D eigenvalue weighted by Crippen LogP contribution is 2.00. The number of carbonyl (C=O) groups is 1. The van der Waals surface area contributed by atoms with Crippen LogP contribution in [0.3, 0.4) is 0 Å². The molecule has 128 valence electrons. The van der Waals surface area contributed by atoms with E-state index in [9.17, 15) is 9.90 Å². The van der Waals surface area contributed by atoms with Crippen molar-refractivity contribution in [3.05, 3.63) is 60.8 Å². The standard InChI is InChI=1S/C20H30O3/c1-2-3-4-5-6-7-8-10-13-16-19(21)17-14-11-9-12-15-18-20(22)23/h3-4,6-7,9-11,13-14,17,19,21H,2,5,8,12,15-16,18H2,1H3,(H,22,23)/b4-3-,7-6-,11-9+,13-10-,17-14+. The van der Waals surface area contributed by atoms with Crippen LogP contribution < -0.4 is 0 Å². The predicted octanol–water partition coefficient (Wildman–Crippen LogP) is 4.96. The van der Waals surface area contributed by atoms with Gasteiger partial charge in [-0.3, -0.25) is 4.79 Å². The van der Waals surface area contributed by atoms with Crippen molar-refractivity contribution >= 4 is 5.97 Å². The molecule has 0 aromatic carbocycles. The molecule has 1 unspecified atom stereocenters. The zero-order chi connectivity index (χ0) is 17.2. The molecule has 2 N–H and O–H groups in total. The van der Waals surface area contributed by atoms with Gasteiger partial charge >= 0.3 is 5.97 Å². The number of hydrogen-bond acceptors (Lipinski definition) is 2. The number of unbranched alkanes of at least 4 members (excludes halogenated alkanes) is 1. The SMILES string of the molecule is CC/C=C\C/C=C\C/C=C\CC(O)/C=C/C=C/CCCC(=O)O. The second kappa shape index (κ2) is 16.5. The van der Waals surface area contributed by atoms with E-state index in [1.54, 1.807) is 12.2 Å². The number of hydrogen-bond donors (Lipinski definition) is 2. The van der Waals surface area contributed by atoms with E-state index in [1.165, 1.54) is 0 Å². The molecular weight excluding hydrogens is 288 g/mol. The summed E-state index contributed by atoms with van der Waals surface area (Å²) in [4.78, 5) is 10.3. The van der Waals surface area contributed by atoms with Crippen LogP contribution in [0.25, 0.3) is 0 Å². The molecule has 0 aliphatic rings. The maximum Gasteiger partial charge on any atom is 0.303 e. The zero-order valence-electron chi connectivity index (χ0n) is 14.1. The summed E-state index contributed by atoms with van der Waals surface area (Å²) in [6.45, 7) is 2.12. The Balaban J connectivity index is 3.68. The smallest absolute Gasteiger partial charge is 0.303 e. The number of allylic oxidation sites excluding steroid dienone is 8. The Morgan fingerprint density at radius 2 is 1.61 bits per heavy atom. The summed E-state index contributed by atoms with van der Waals surface area (Å²) >= 11 is 0. The van der Waals surface area contributed by atoms with E-state index in [-0.39, 0.29) is 6.42 Å². The first-order chi connectivity index (χ1) is 11.2. The van der Waals surface area contributed by atoms with Gasteiger partial charge in [0.1, 0.15) is 0 Å². The highest BCUT2D eigenvalue weighted by molar-refractivity contribution is 5.66. The molecule has 0 saturated carbocycles. The van der Waals surface area contributed by atoms with Crippen molar-refractivity contribution in [3.63, 3.8) is 0 Å². The molecule has 0 bridgehead atoms. The molecule has 0 aromatic rings. The maximum atomic E-state index is 10.3. The largest absolute Gasteiger partial charge is 0.481 e. The molecule has 0 aliphatic heterocycles. The van der Waals surface area contributed by atoms with Gasteiger partial charge in [0.05, 0.1) is 6.10 Å². The molecule has 0 radical (unpaired) electrons. The minimum atomic E-state index is -0.761. The van der Waals surface area contributed by atoms with E-state index in [1.807, 2.05) is 18.2 Å². The molecule has 0 rings (SSSR count). The van der Waals surface area contributed by atoms with E-state index in [2.05, 4.69) is 37.3 Å². The van der Waals surface area contributed by atoms with E-state index >= 15 is 0 Å². The van der Waals surface area contributed by atoms with Gasteiger partial charge in [0, 0.05) is 6.42 Å². The van der Waals surface area contributed by atoms with Crippen molar-refractivity contribution in [2.75, 3.05) is 0 Å². The van der Waals surface area contributed by atoms with E-state index in [4.69, 9.17) is 5.11 Å². The van der Waals surface area contributed by atoms with Crippen molar-refractivity contribution in [2.45, 2.75) is 58.0 Å². The van der Waals surface area contributed by atoms with Crippen LogP contribution in [0.2, 0.25) is 0 Å². The first kappa shape index (κ1) is 21.1. The maximum absolute atomic E-state index is 10.3. The molecule has 0 spiro atoms. The lowest BCUT2D eigenvalue weighted by Gasteiger charge is -1.98. The number of carboxylic acid groups (broad SMARTS) is 1. The van der Waals surface area contributed by atoms with Crippen LogP contribution >= 0.6 is 0 Å². The first-order valence-corrected chi connectivity index (χ1v) is 8.35. The third kappa shape index (κ3) is 18.1. The summed E-state index contributed by atoms with van der Waals surface area (Å²) in [6, 6.07) is 0. The van der Waals surface area contributed by atoms with Gasteiger partial charge in [0.15, 0.2) is 0 Å². The fourth-order valence-corrected chi connectivity index (χ4v) is 1.76. The van der Waals surface area contributed by atoms with Crippen LogP contribution in [-0.2, 0) is 4.79 Å². The molecule has 0 saturated heterocycles. The monoisotopic (exact) mass is 318 g/mol. The Bertz CT molecular complexity index is 428. The molecule has 0 fully saturated rings. The predicted molar refractivity (Wildman–Crippen MR) is 97.3 cm³/mol. The van der Waals surface area contributed by atoms with Crippen molar-refractivity contribution in [1.29, 1.82) is 0 Å². The van der Waals surface area contributed by atoms with Crippen LogP contribution in [0.5, 0.6) is 0 Å². The minimum absolute atomic E-state index is 0.199. The van der Waals surface area contributed by atoms with Crippen molar-refractivity contribution in [1.82, 2.24) is 0 Å². The normalized spacial score (nSPS) is 14.2. The second-order valence-corrected chi connectivity index (χ2v) is 5.20. The van der Waals surface area contributed by atoms with E-state index in [0.717, 1.165) is 25.7 Å². The van der Waals surface area contributed by atoms with Gasteiger partial charge in [-0.15, -0.1) is 0 Å². The molecule has 0 heterocycles. The van der Waals surface area contributed by atoms with Gasteiger partial charge in [-0.05, 0) is 38.5 Å². The fourth-order valence-electron chi connectivity index (χ4n) is 1.76. The summed E-state index contributed by atoms with van der Waals surface area (Å²) in [6.07, 6.45) is 24.6. The summed E-state index contributed by atoms with van der Waals surface area (Å²) in [5.41, 5.74) is 0. The number of aliphatic hydroxyl groups is 1. The third-order valence-electron chi connectivity index (χ3n) is 3.00. The quantitative estimate of drug-likeness (QED) is 0.286. The summed E-state index contributed by atoms with van der Waals surface area (Å²) in [5, 5.41) is 18.2. The molecule has 1 atom stereocenters. The van der Waals surface area contributed by atoms with Crippen LogP contribution in [0.4, 0.5) is 0 Å². The highest BCUT2D eigenvalue weighted by Gasteiger charge is 1.94. The number of rotatable bonds is 13. The van der Waals surface area contributed by atoms with Gasteiger partial charge in [0.25, 0.3) is 0 Å². The Morgan fingerprint density at radius 1 is 0.957 bits per heavy atom. The molecule has 3 nitrogen and oxygen atoms in total. The number of aliphatic hydroxyl groups excluding tert-OH is 1.